The second-order valence-corrected chi connectivity index (χ2v) is 5.06. The molecule has 0 aliphatic carbocycles. The average molecular weight is 292 g/mol. The molecule has 1 amide bonds. The van der Waals surface area contributed by atoms with E-state index in [4.69, 9.17) is 13.7 Å². The summed E-state index contributed by atoms with van der Waals surface area (Å²) in [5.41, 5.74) is -0.500. The van der Waals surface area contributed by atoms with E-state index in [9.17, 15) is 9.90 Å². The first-order valence-corrected chi connectivity index (χ1v) is 6.74. The minimum absolute atomic E-state index is 0.134. The van der Waals surface area contributed by atoms with Crippen LogP contribution in [0.4, 0.5) is 0 Å². The Balaban J connectivity index is 1.73. The lowest BCUT2D eigenvalue weighted by Crippen LogP contribution is -2.54. The Kier molecular flexibility index (Phi) is 3.76. The number of furan rings is 1. The monoisotopic (exact) mass is 292 g/mol. The van der Waals surface area contributed by atoms with E-state index in [-0.39, 0.29) is 18.2 Å². The van der Waals surface area contributed by atoms with Crippen molar-refractivity contribution in [3.05, 3.63) is 30.2 Å². The molecule has 2 N–H and O–H groups in total. The molecule has 7 heteroatoms. The van der Waals surface area contributed by atoms with Crippen molar-refractivity contribution >= 4 is 5.91 Å². The van der Waals surface area contributed by atoms with Crippen molar-refractivity contribution < 1.29 is 23.6 Å². The van der Waals surface area contributed by atoms with Crippen molar-refractivity contribution in [3.8, 4) is 11.5 Å². The number of carbonyl (C=O) groups is 1. The largest absolute Gasteiger partial charge is 0.461 e. The van der Waals surface area contributed by atoms with E-state index in [1.54, 1.807) is 12.1 Å². The quantitative estimate of drug-likeness (QED) is 0.879. The number of nitrogens with one attached hydrogen (secondary N) is 1. The highest BCUT2D eigenvalue weighted by Crippen LogP contribution is 2.23. The normalized spacial score (nSPS) is 17.6. The molecule has 1 fully saturated rings. The average Bonchev–Trinajstić information content (AvgIpc) is 3.19. The molecule has 0 aromatic carbocycles. The minimum Gasteiger partial charge on any atom is -0.461 e. The van der Waals surface area contributed by atoms with Crippen LogP contribution in [-0.4, -0.2) is 41.5 Å². The zero-order chi connectivity index (χ0) is 14.7. The van der Waals surface area contributed by atoms with Gasteiger partial charge in [-0.3, -0.25) is 4.79 Å². The molecule has 1 aliphatic heterocycles. The van der Waals surface area contributed by atoms with E-state index in [0.717, 1.165) is 0 Å². The van der Waals surface area contributed by atoms with Crippen LogP contribution in [0.3, 0.4) is 0 Å². The van der Waals surface area contributed by atoms with Crippen LogP contribution < -0.4 is 5.32 Å². The molecule has 0 bridgehead atoms. The van der Waals surface area contributed by atoms with Gasteiger partial charge in [0.2, 0.25) is 5.76 Å². The topological polar surface area (TPSA) is 97.7 Å². The van der Waals surface area contributed by atoms with Gasteiger partial charge in [0.15, 0.2) is 11.5 Å². The molecular formula is C14H16N2O5. The summed E-state index contributed by atoms with van der Waals surface area (Å²) in [6, 6.07) is 4.95. The summed E-state index contributed by atoms with van der Waals surface area (Å²) in [4.78, 5) is 12.2. The van der Waals surface area contributed by atoms with Gasteiger partial charge in [0, 0.05) is 19.3 Å². The predicted octanol–water partition coefficient (Wildman–Crippen LogP) is 1.21. The summed E-state index contributed by atoms with van der Waals surface area (Å²) >= 11 is 0. The van der Waals surface area contributed by atoms with E-state index in [0.29, 0.717) is 37.6 Å². The molecule has 0 radical (unpaired) electrons. The Labute approximate surface area is 120 Å². The molecule has 2 aromatic rings. The molecule has 112 valence electrons. The Hall–Kier alpha value is -2.12. The van der Waals surface area contributed by atoms with E-state index < -0.39 is 5.54 Å². The number of hydrogen-bond donors (Lipinski definition) is 2. The lowest BCUT2D eigenvalue weighted by atomic mass is 9.91. The fourth-order valence-corrected chi connectivity index (χ4v) is 2.31. The van der Waals surface area contributed by atoms with Gasteiger partial charge in [0.05, 0.1) is 18.4 Å². The van der Waals surface area contributed by atoms with E-state index in [2.05, 4.69) is 10.5 Å². The van der Waals surface area contributed by atoms with E-state index in [1.165, 1.54) is 12.3 Å². The maximum absolute atomic E-state index is 12.2. The van der Waals surface area contributed by atoms with Gasteiger partial charge in [-0.1, -0.05) is 5.16 Å². The van der Waals surface area contributed by atoms with Gasteiger partial charge in [-0.2, -0.15) is 0 Å². The zero-order valence-corrected chi connectivity index (χ0v) is 11.4. The summed E-state index contributed by atoms with van der Waals surface area (Å²) in [7, 11) is 0. The molecule has 3 rings (SSSR count). The number of aliphatic hydroxyl groups is 1. The SMILES string of the molecule is O=C(NC1(CO)CCOCC1)c1cc(-c2ccco2)on1. The number of nitrogens with zero attached hydrogens (tertiary/aromatic N) is 1. The predicted molar refractivity (Wildman–Crippen MR) is 71.5 cm³/mol. The van der Waals surface area contributed by atoms with Crippen molar-refractivity contribution in [2.24, 2.45) is 0 Å². The number of aromatic nitrogens is 1. The number of ether oxygens (including phenoxy) is 1. The standard InChI is InChI=1S/C14H16N2O5/c17-9-14(3-6-19-7-4-14)15-13(18)10-8-12(21-16-10)11-2-1-5-20-11/h1-2,5,8,17H,3-4,6-7,9H2,(H,15,18). The highest BCUT2D eigenvalue weighted by Gasteiger charge is 2.34. The van der Waals surface area contributed by atoms with Gasteiger partial charge in [0.25, 0.3) is 5.91 Å². The molecule has 0 unspecified atom stereocenters. The summed E-state index contributed by atoms with van der Waals surface area (Å²) in [6.45, 7) is 0.888. The lowest BCUT2D eigenvalue weighted by Gasteiger charge is -2.35. The van der Waals surface area contributed by atoms with Crippen molar-refractivity contribution in [1.29, 1.82) is 0 Å². The molecule has 1 saturated heterocycles. The third-order valence-corrected chi connectivity index (χ3v) is 3.64. The zero-order valence-electron chi connectivity index (χ0n) is 11.4. The van der Waals surface area contributed by atoms with Gasteiger partial charge >= 0.3 is 0 Å². The number of hydrogen-bond acceptors (Lipinski definition) is 6. The Morgan fingerprint density at radius 2 is 2.19 bits per heavy atom. The van der Waals surface area contributed by atoms with Crippen molar-refractivity contribution in [2.75, 3.05) is 19.8 Å². The van der Waals surface area contributed by atoms with Gasteiger partial charge in [-0.05, 0) is 25.0 Å². The lowest BCUT2D eigenvalue weighted by molar-refractivity contribution is 0.0123. The number of carbonyl (C=O) groups excluding carboxylic acids is 1. The maximum atomic E-state index is 12.2. The number of aliphatic hydroxyl groups excluding tert-OH is 1. The molecule has 0 atom stereocenters. The van der Waals surface area contributed by atoms with E-state index >= 15 is 0 Å². The molecule has 0 saturated carbocycles. The first kappa shape index (κ1) is 13.8. The number of amides is 1. The van der Waals surface area contributed by atoms with E-state index in [1.807, 2.05) is 0 Å². The smallest absolute Gasteiger partial charge is 0.274 e. The second-order valence-electron chi connectivity index (χ2n) is 5.06. The Bertz CT molecular complexity index is 599. The van der Waals surface area contributed by atoms with Gasteiger partial charge in [-0.25, -0.2) is 0 Å². The van der Waals surface area contributed by atoms with Gasteiger partial charge < -0.3 is 24.1 Å². The summed E-state index contributed by atoms with van der Waals surface area (Å²) in [6.07, 6.45) is 2.65. The Morgan fingerprint density at radius 3 is 2.86 bits per heavy atom. The first-order valence-electron chi connectivity index (χ1n) is 6.74. The van der Waals surface area contributed by atoms with Crippen molar-refractivity contribution in [3.63, 3.8) is 0 Å². The van der Waals surface area contributed by atoms with Crippen LogP contribution in [-0.2, 0) is 4.74 Å². The third kappa shape index (κ3) is 2.84. The third-order valence-electron chi connectivity index (χ3n) is 3.64. The van der Waals surface area contributed by atoms with Crippen molar-refractivity contribution in [2.45, 2.75) is 18.4 Å². The van der Waals surface area contributed by atoms with Crippen LogP contribution >= 0.6 is 0 Å². The van der Waals surface area contributed by atoms with Crippen LogP contribution in [0.5, 0.6) is 0 Å². The molecule has 3 heterocycles. The van der Waals surface area contributed by atoms with Crippen LogP contribution in [0.1, 0.15) is 23.3 Å². The Morgan fingerprint density at radius 1 is 1.38 bits per heavy atom. The van der Waals surface area contributed by atoms with Gasteiger partial charge in [-0.15, -0.1) is 0 Å². The van der Waals surface area contributed by atoms with Crippen LogP contribution in [0.15, 0.2) is 33.4 Å². The molecule has 1 aliphatic rings. The number of rotatable bonds is 4. The summed E-state index contributed by atoms with van der Waals surface area (Å²) < 4.78 is 15.5. The molecular weight excluding hydrogens is 276 g/mol. The fourth-order valence-electron chi connectivity index (χ4n) is 2.31. The molecule has 7 nitrogen and oxygen atoms in total. The van der Waals surface area contributed by atoms with Crippen LogP contribution in [0.25, 0.3) is 11.5 Å². The first-order chi connectivity index (χ1) is 10.2. The second kappa shape index (κ2) is 5.71. The summed E-state index contributed by atoms with van der Waals surface area (Å²) in [5, 5.41) is 16.1. The van der Waals surface area contributed by atoms with Gasteiger partial charge in [0.1, 0.15) is 0 Å². The van der Waals surface area contributed by atoms with Crippen LogP contribution in [0, 0.1) is 0 Å². The van der Waals surface area contributed by atoms with Crippen molar-refractivity contribution in [1.82, 2.24) is 10.5 Å². The minimum atomic E-state index is -0.654. The highest BCUT2D eigenvalue weighted by atomic mass is 16.5. The molecule has 0 spiro atoms. The summed E-state index contributed by atoms with van der Waals surface area (Å²) in [5.74, 6) is 0.507. The maximum Gasteiger partial charge on any atom is 0.274 e. The fraction of sp³-hybridized carbons (Fsp3) is 0.429. The molecule has 2 aromatic heterocycles. The highest BCUT2D eigenvalue weighted by molar-refractivity contribution is 5.93. The van der Waals surface area contributed by atoms with Crippen LogP contribution in [0.2, 0.25) is 0 Å². The molecule has 21 heavy (non-hydrogen) atoms.